The third-order valence-corrected chi connectivity index (χ3v) is 3.34. The summed E-state index contributed by atoms with van der Waals surface area (Å²) in [6, 6.07) is 9.03. The van der Waals surface area contributed by atoms with Gasteiger partial charge >= 0.3 is 0 Å². The molecule has 0 bridgehead atoms. The second-order valence-electron chi connectivity index (χ2n) is 4.86. The highest BCUT2D eigenvalue weighted by Crippen LogP contribution is 2.12. The van der Waals surface area contributed by atoms with Crippen LogP contribution in [0.3, 0.4) is 0 Å². The van der Waals surface area contributed by atoms with Crippen molar-refractivity contribution >= 4 is 23.2 Å². The highest BCUT2D eigenvalue weighted by atomic mass is 35.5. The van der Waals surface area contributed by atoms with Crippen molar-refractivity contribution in [2.24, 2.45) is 0 Å². The Morgan fingerprint density at radius 2 is 2.00 bits per heavy atom. The summed E-state index contributed by atoms with van der Waals surface area (Å²) in [4.78, 5) is 16.1. The molecule has 0 radical (unpaired) electrons. The largest absolute Gasteiger partial charge is 0.484 e. The highest BCUT2D eigenvalue weighted by Gasteiger charge is 2.06. The third kappa shape index (κ3) is 3.98. The number of pyridine rings is 1. The first-order valence-corrected chi connectivity index (χ1v) is 7.26. The number of carbonyl (C=O) groups is 1. The average molecular weight is 334 g/mol. The van der Waals surface area contributed by atoms with E-state index in [4.69, 9.17) is 16.3 Å². The number of hydrogen-bond acceptors (Lipinski definition) is 3. The van der Waals surface area contributed by atoms with Gasteiger partial charge in [0.1, 0.15) is 17.2 Å². The number of aromatic nitrogens is 2. The first-order valence-electron chi connectivity index (χ1n) is 6.88. The van der Waals surface area contributed by atoms with Gasteiger partial charge in [-0.2, -0.15) is 0 Å². The molecule has 1 aromatic carbocycles. The molecule has 0 saturated heterocycles. The zero-order valence-electron chi connectivity index (χ0n) is 12.0. The number of nitrogens with zero attached hydrogens (tertiary/aromatic N) is 2. The van der Waals surface area contributed by atoms with E-state index in [0.717, 1.165) is 5.65 Å². The Morgan fingerprint density at radius 1 is 1.22 bits per heavy atom. The van der Waals surface area contributed by atoms with Crippen LogP contribution in [0, 0.1) is 5.82 Å². The van der Waals surface area contributed by atoms with Crippen molar-refractivity contribution < 1.29 is 13.9 Å². The number of carbonyl (C=O) groups excluding carboxylic acids is 1. The van der Waals surface area contributed by atoms with E-state index < -0.39 is 0 Å². The van der Waals surface area contributed by atoms with Gasteiger partial charge in [0.05, 0.1) is 17.3 Å². The van der Waals surface area contributed by atoms with E-state index in [1.54, 1.807) is 28.9 Å². The zero-order chi connectivity index (χ0) is 16.2. The summed E-state index contributed by atoms with van der Waals surface area (Å²) < 4.78 is 19.8. The maximum atomic E-state index is 12.8. The van der Waals surface area contributed by atoms with Crippen molar-refractivity contribution in [2.75, 3.05) is 6.61 Å². The molecule has 7 heteroatoms. The monoisotopic (exact) mass is 333 g/mol. The number of benzene rings is 1. The van der Waals surface area contributed by atoms with Gasteiger partial charge < -0.3 is 14.5 Å². The fourth-order valence-corrected chi connectivity index (χ4v) is 2.19. The van der Waals surface area contributed by atoms with Gasteiger partial charge in [0.25, 0.3) is 5.91 Å². The SMILES string of the molecule is O=C(COc1ccc(F)cc1)NCc1cn2cc(Cl)ccc2n1. The summed E-state index contributed by atoms with van der Waals surface area (Å²) in [5.41, 5.74) is 1.46. The Morgan fingerprint density at radius 3 is 2.78 bits per heavy atom. The fraction of sp³-hybridized carbons (Fsp3) is 0.125. The zero-order valence-corrected chi connectivity index (χ0v) is 12.8. The molecule has 0 saturated carbocycles. The molecule has 3 rings (SSSR count). The van der Waals surface area contributed by atoms with Crippen molar-refractivity contribution in [3.63, 3.8) is 0 Å². The Hall–Kier alpha value is -2.60. The maximum absolute atomic E-state index is 12.8. The molecule has 0 unspecified atom stereocenters. The molecule has 5 nitrogen and oxygen atoms in total. The quantitative estimate of drug-likeness (QED) is 0.781. The summed E-state index contributed by atoms with van der Waals surface area (Å²) >= 11 is 5.91. The lowest BCUT2D eigenvalue weighted by molar-refractivity contribution is -0.123. The lowest BCUT2D eigenvalue weighted by Crippen LogP contribution is -2.28. The molecular weight excluding hydrogens is 321 g/mol. The number of nitrogens with one attached hydrogen (secondary N) is 1. The van der Waals surface area contributed by atoms with Gasteiger partial charge in [-0.15, -0.1) is 0 Å². The minimum Gasteiger partial charge on any atom is -0.484 e. The van der Waals surface area contributed by atoms with E-state index in [0.29, 0.717) is 16.5 Å². The molecule has 0 atom stereocenters. The smallest absolute Gasteiger partial charge is 0.258 e. The summed E-state index contributed by atoms with van der Waals surface area (Å²) in [7, 11) is 0. The van der Waals surface area contributed by atoms with Gasteiger partial charge in [-0.1, -0.05) is 11.6 Å². The van der Waals surface area contributed by atoms with E-state index in [2.05, 4.69) is 10.3 Å². The minimum atomic E-state index is -0.353. The first-order chi connectivity index (χ1) is 11.1. The van der Waals surface area contributed by atoms with E-state index in [9.17, 15) is 9.18 Å². The summed E-state index contributed by atoms with van der Waals surface area (Å²) in [6.07, 6.45) is 3.54. The molecule has 1 N–H and O–H groups in total. The molecule has 2 heterocycles. The Balaban J connectivity index is 1.52. The topological polar surface area (TPSA) is 55.6 Å². The van der Waals surface area contributed by atoms with Crippen LogP contribution in [0.2, 0.25) is 5.02 Å². The second kappa shape index (κ2) is 6.66. The van der Waals surface area contributed by atoms with Crippen LogP contribution in [0.5, 0.6) is 5.75 Å². The average Bonchev–Trinajstić information content (AvgIpc) is 2.94. The molecule has 0 fully saturated rings. The predicted octanol–water partition coefficient (Wildman–Crippen LogP) is 2.82. The van der Waals surface area contributed by atoms with Crippen LogP contribution in [0.15, 0.2) is 48.8 Å². The highest BCUT2D eigenvalue weighted by molar-refractivity contribution is 6.30. The van der Waals surface area contributed by atoms with Crippen LogP contribution < -0.4 is 10.1 Å². The summed E-state index contributed by atoms with van der Waals surface area (Å²) in [6.45, 7) is 0.135. The number of halogens is 2. The van der Waals surface area contributed by atoms with Gasteiger partial charge in [-0.05, 0) is 36.4 Å². The van der Waals surface area contributed by atoms with Gasteiger partial charge in [-0.3, -0.25) is 4.79 Å². The fourth-order valence-electron chi connectivity index (χ4n) is 2.02. The number of ether oxygens (including phenoxy) is 1. The Labute approximate surface area is 136 Å². The maximum Gasteiger partial charge on any atom is 0.258 e. The molecule has 1 amide bonds. The minimum absolute atomic E-state index is 0.148. The molecule has 0 aliphatic carbocycles. The molecule has 0 spiro atoms. The first kappa shape index (κ1) is 15.3. The van der Waals surface area contributed by atoms with Crippen LogP contribution in [-0.2, 0) is 11.3 Å². The van der Waals surface area contributed by atoms with Crippen LogP contribution in [0.1, 0.15) is 5.69 Å². The molecular formula is C16H13ClFN3O2. The molecule has 118 valence electrons. The Kier molecular flexibility index (Phi) is 4.43. The van der Waals surface area contributed by atoms with Crippen molar-refractivity contribution in [3.8, 4) is 5.75 Å². The van der Waals surface area contributed by atoms with Crippen LogP contribution in [0.25, 0.3) is 5.65 Å². The number of amides is 1. The van der Waals surface area contributed by atoms with Crippen LogP contribution in [-0.4, -0.2) is 21.9 Å². The van der Waals surface area contributed by atoms with Gasteiger partial charge in [0.2, 0.25) is 0 Å². The lowest BCUT2D eigenvalue weighted by atomic mass is 10.3. The molecule has 23 heavy (non-hydrogen) atoms. The standard InChI is InChI=1S/C16H13ClFN3O2/c17-11-1-6-15-20-13(9-21(15)8-11)7-19-16(22)10-23-14-4-2-12(18)3-5-14/h1-6,8-9H,7,10H2,(H,19,22). The normalized spacial score (nSPS) is 10.7. The van der Waals surface area contributed by atoms with Gasteiger partial charge in [-0.25, -0.2) is 9.37 Å². The molecule has 0 aliphatic heterocycles. The molecule has 0 aliphatic rings. The van der Waals surface area contributed by atoms with Gasteiger partial charge in [0.15, 0.2) is 6.61 Å². The van der Waals surface area contributed by atoms with E-state index in [1.165, 1.54) is 24.3 Å². The summed E-state index contributed by atoms with van der Waals surface area (Å²) in [5, 5.41) is 3.32. The van der Waals surface area contributed by atoms with E-state index in [-0.39, 0.29) is 24.9 Å². The number of hydrogen-bond donors (Lipinski definition) is 1. The van der Waals surface area contributed by atoms with Crippen LogP contribution >= 0.6 is 11.6 Å². The van der Waals surface area contributed by atoms with Gasteiger partial charge in [0, 0.05) is 12.4 Å². The van der Waals surface area contributed by atoms with Crippen molar-refractivity contribution in [1.82, 2.24) is 14.7 Å². The Bertz CT molecular complexity index is 833. The third-order valence-electron chi connectivity index (χ3n) is 3.12. The number of rotatable bonds is 5. The molecule has 2 aromatic heterocycles. The predicted molar refractivity (Wildman–Crippen MR) is 83.9 cm³/mol. The number of imidazole rings is 1. The van der Waals surface area contributed by atoms with Crippen molar-refractivity contribution in [2.45, 2.75) is 6.54 Å². The number of fused-ring (bicyclic) bond motifs is 1. The summed E-state index contributed by atoms with van der Waals surface area (Å²) in [5.74, 6) is -0.206. The lowest BCUT2D eigenvalue weighted by Gasteiger charge is -2.06. The van der Waals surface area contributed by atoms with Crippen molar-refractivity contribution in [1.29, 1.82) is 0 Å². The van der Waals surface area contributed by atoms with Crippen LogP contribution in [0.4, 0.5) is 4.39 Å². The van der Waals surface area contributed by atoms with Crippen molar-refractivity contribution in [3.05, 3.63) is 65.3 Å². The second-order valence-corrected chi connectivity index (χ2v) is 5.30. The molecule has 3 aromatic rings. The van der Waals surface area contributed by atoms with E-state index in [1.807, 2.05) is 0 Å². The van der Waals surface area contributed by atoms with E-state index >= 15 is 0 Å².